The quantitative estimate of drug-likeness (QED) is 0.771. The summed E-state index contributed by atoms with van der Waals surface area (Å²) in [5, 5.41) is 7.38. The predicted octanol–water partition coefficient (Wildman–Crippen LogP) is 2.59. The zero-order valence-electron chi connectivity index (χ0n) is 15.3. The molecule has 0 aromatic carbocycles. The van der Waals surface area contributed by atoms with Crippen LogP contribution in [0.25, 0.3) is 16.6 Å². The molecular formula is C18H24N4O3. The fraction of sp³-hybridized carbons (Fsp3) is 0.500. The molecule has 7 heteroatoms. The van der Waals surface area contributed by atoms with Gasteiger partial charge in [-0.3, -0.25) is 14.0 Å². The molecule has 1 atom stereocenters. The monoisotopic (exact) mass is 344 g/mol. The van der Waals surface area contributed by atoms with Crippen molar-refractivity contribution < 1.29 is 9.21 Å². The Balaban J connectivity index is 2.24. The second-order valence-corrected chi connectivity index (χ2v) is 6.58. The molecule has 3 aromatic heterocycles. The number of aromatic nitrogens is 3. The Morgan fingerprint density at radius 1 is 1.28 bits per heavy atom. The van der Waals surface area contributed by atoms with Crippen LogP contribution >= 0.6 is 0 Å². The maximum absolute atomic E-state index is 13.0. The maximum atomic E-state index is 13.0. The van der Waals surface area contributed by atoms with Gasteiger partial charge in [-0.1, -0.05) is 13.8 Å². The number of carbonyl (C=O) groups is 1. The summed E-state index contributed by atoms with van der Waals surface area (Å²) in [5.41, 5.74) is 1.69. The molecule has 0 saturated heterocycles. The molecule has 0 aliphatic rings. The summed E-state index contributed by atoms with van der Waals surface area (Å²) in [6.07, 6.45) is 1.12. The molecular weight excluding hydrogens is 320 g/mol. The Hall–Kier alpha value is -2.57. The summed E-state index contributed by atoms with van der Waals surface area (Å²) in [7, 11) is 0. The van der Waals surface area contributed by atoms with Crippen molar-refractivity contribution in [2.45, 2.75) is 59.5 Å². The predicted molar refractivity (Wildman–Crippen MR) is 95.9 cm³/mol. The minimum absolute atomic E-state index is 0.00485. The molecule has 0 saturated carbocycles. The Morgan fingerprint density at radius 2 is 2.00 bits per heavy atom. The van der Waals surface area contributed by atoms with E-state index in [1.807, 2.05) is 45.1 Å². The molecule has 3 aromatic rings. The number of carbonyl (C=O) groups excluding carboxylic acids is 1. The molecule has 3 rings (SSSR count). The van der Waals surface area contributed by atoms with Crippen molar-refractivity contribution in [1.29, 1.82) is 0 Å². The largest absolute Gasteiger partial charge is 0.460 e. The minimum Gasteiger partial charge on any atom is -0.460 e. The summed E-state index contributed by atoms with van der Waals surface area (Å²) < 4.78 is 8.81. The van der Waals surface area contributed by atoms with Crippen LogP contribution in [0.5, 0.6) is 0 Å². The van der Waals surface area contributed by atoms with Crippen LogP contribution < -0.4 is 10.9 Å². The van der Waals surface area contributed by atoms with Crippen LogP contribution in [0.1, 0.15) is 51.7 Å². The number of amides is 1. The van der Waals surface area contributed by atoms with E-state index >= 15 is 0 Å². The molecule has 0 bridgehead atoms. The highest BCUT2D eigenvalue weighted by molar-refractivity contribution is 5.84. The van der Waals surface area contributed by atoms with Gasteiger partial charge >= 0.3 is 0 Å². The van der Waals surface area contributed by atoms with E-state index in [9.17, 15) is 9.59 Å². The zero-order chi connectivity index (χ0) is 18.3. The second-order valence-electron chi connectivity index (χ2n) is 6.58. The highest BCUT2D eigenvalue weighted by Crippen LogP contribution is 2.24. The van der Waals surface area contributed by atoms with E-state index in [-0.39, 0.29) is 17.5 Å². The average molecular weight is 344 g/mol. The molecule has 7 nitrogen and oxygen atoms in total. The second kappa shape index (κ2) is 6.38. The minimum atomic E-state index is -0.631. The summed E-state index contributed by atoms with van der Waals surface area (Å²) in [6.45, 7) is 9.51. The van der Waals surface area contributed by atoms with Gasteiger partial charge in [0.1, 0.15) is 23.1 Å². The summed E-state index contributed by atoms with van der Waals surface area (Å²) >= 11 is 0. The van der Waals surface area contributed by atoms with Gasteiger partial charge in [0.25, 0.3) is 5.56 Å². The Bertz CT molecular complexity index is 993. The smallest absolute Gasteiger partial charge is 0.291 e. The van der Waals surface area contributed by atoms with Crippen LogP contribution in [0, 0.1) is 6.92 Å². The lowest BCUT2D eigenvalue weighted by Crippen LogP contribution is -2.41. The van der Waals surface area contributed by atoms with E-state index in [2.05, 4.69) is 10.4 Å². The van der Waals surface area contributed by atoms with Gasteiger partial charge in [0.2, 0.25) is 5.91 Å². The van der Waals surface area contributed by atoms with Gasteiger partial charge in [-0.25, -0.2) is 4.68 Å². The molecule has 0 spiro atoms. The molecule has 1 amide bonds. The van der Waals surface area contributed by atoms with Gasteiger partial charge in [-0.05, 0) is 27.2 Å². The summed E-state index contributed by atoms with van der Waals surface area (Å²) in [6, 6.07) is 3.00. The van der Waals surface area contributed by atoms with E-state index in [4.69, 9.17) is 4.42 Å². The van der Waals surface area contributed by atoms with E-state index in [1.165, 1.54) is 4.68 Å². The van der Waals surface area contributed by atoms with E-state index in [1.54, 1.807) is 6.07 Å². The third-order valence-electron chi connectivity index (χ3n) is 4.25. The van der Waals surface area contributed by atoms with E-state index in [0.717, 1.165) is 17.1 Å². The lowest BCUT2D eigenvalue weighted by molar-refractivity contribution is -0.125. The number of hydrogen-bond acceptors (Lipinski definition) is 4. The fourth-order valence-corrected chi connectivity index (χ4v) is 3.17. The van der Waals surface area contributed by atoms with Crippen molar-refractivity contribution in [3.63, 3.8) is 0 Å². The third kappa shape index (κ3) is 2.83. The molecule has 3 heterocycles. The van der Waals surface area contributed by atoms with Crippen molar-refractivity contribution in [3.8, 4) is 0 Å². The third-order valence-corrected chi connectivity index (χ3v) is 4.25. The van der Waals surface area contributed by atoms with E-state index < -0.39 is 6.04 Å². The van der Waals surface area contributed by atoms with Crippen LogP contribution in [0.3, 0.4) is 0 Å². The Kier molecular flexibility index (Phi) is 4.41. The van der Waals surface area contributed by atoms with Gasteiger partial charge in [0, 0.05) is 24.6 Å². The van der Waals surface area contributed by atoms with Crippen molar-refractivity contribution in [2.75, 3.05) is 0 Å². The average Bonchev–Trinajstić information content (AvgIpc) is 3.06. The lowest BCUT2D eigenvalue weighted by atomic mass is 10.2. The van der Waals surface area contributed by atoms with Crippen LogP contribution in [-0.2, 0) is 11.2 Å². The SMILES string of the molecule is CCc1nn(C(CC)C(=O)NC(C)C)c(=O)c2cc3oc(C)cc3n12. The van der Waals surface area contributed by atoms with Crippen LogP contribution in [0.15, 0.2) is 21.3 Å². The highest BCUT2D eigenvalue weighted by Gasteiger charge is 2.24. The summed E-state index contributed by atoms with van der Waals surface area (Å²) in [5.74, 6) is 1.32. The molecule has 1 unspecified atom stereocenters. The number of nitrogens with one attached hydrogen (secondary N) is 1. The normalized spacial score (nSPS) is 13.0. The number of aryl methyl sites for hydroxylation is 2. The van der Waals surface area contributed by atoms with Crippen LogP contribution in [-0.4, -0.2) is 26.1 Å². The number of fused-ring (bicyclic) bond motifs is 3. The van der Waals surface area contributed by atoms with Crippen molar-refractivity contribution in [3.05, 3.63) is 34.1 Å². The first kappa shape index (κ1) is 17.3. The van der Waals surface area contributed by atoms with E-state index in [0.29, 0.717) is 23.9 Å². The van der Waals surface area contributed by atoms with Gasteiger partial charge in [0.15, 0.2) is 5.58 Å². The number of hydrogen-bond donors (Lipinski definition) is 1. The number of furan rings is 1. The topological polar surface area (TPSA) is 81.5 Å². The molecule has 1 N–H and O–H groups in total. The van der Waals surface area contributed by atoms with Crippen molar-refractivity contribution >= 4 is 22.5 Å². The number of nitrogens with zero attached hydrogens (tertiary/aromatic N) is 3. The van der Waals surface area contributed by atoms with Gasteiger partial charge < -0.3 is 9.73 Å². The molecule has 0 fully saturated rings. The standard InChI is InChI=1S/C18H24N4O3/c1-6-12(17(23)19-10(3)4)22-18(24)14-9-15-13(8-11(5)25-15)21(14)16(7-2)20-22/h8-10,12H,6-7H2,1-5H3,(H,19,23). The van der Waals surface area contributed by atoms with Crippen molar-refractivity contribution in [1.82, 2.24) is 19.5 Å². The van der Waals surface area contributed by atoms with Gasteiger partial charge in [-0.15, -0.1) is 0 Å². The van der Waals surface area contributed by atoms with Crippen LogP contribution in [0.4, 0.5) is 0 Å². The van der Waals surface area contributed by atoms with Crippen molar-refractivity contribution in [2.24, 2.45) is 0 Å². The molecule has 0 aliphatic carbocycles. The van der Waals surface area contributed by atoms with Gasteiger partial charge in [-0.2, -0.15) is 5.10 Å². The fourth-order valence-electron chi connectivity index (χ4n) is 3.17. The lowest BCUT2D eigenvalue weighted by Gasteiger charge is -2.19. The maximum Gasteiger partial charge on any atom is 0.291 e. The summed E-state index contributed by atoms with van der Waals surface area (Å²) in [4.78, 5) is 25.5. The first-order chi connectivity index (χ1) is 11.9. The van der Waals surface area contributed by atoms with Crippen LogP contribution in [0.2, 0.25) is 0 Å². The Morgan fingerprint density at radius 3 is 2.60 bits per heavy atom. The molecule has 25 heavy (non-hydrogen) atoms. The zero-order valence-corrected chi connectivity index (χ0v) is 15.3. The number of rotatable bonds is 5. The molecule has 0 aliphatic heterocycles. The first-order valence-corrected chi connectivity index (χ1v) is 8.71. The first-order valence-electron chi connectivity index (χ1n) is 8.71. The van der Waals surface area contributed by atoms with Gasteiger partial charge in [0.05, 0.1) is 5.52 Å². The molecule has 0 radical (unpaired) electrons. The Labute approximate surface area is 145 Å². The molecule has 134 valence electrons. The highest BCUT2D eigenvalue weighted by atomic mass is 16.3.